The molecule has 4 heterocycles. The van der Waals surface area contributed by atoms with Gasteiger partial charge >= 0.3 is 5.97 Å². The van der Waals surface area contributed by atoms with E-state index in [1.807, 2.05) is 56.3 Å². The Hall–Kier alpha value is -3.50. The molecule has 44 heavy (non-hydrogen) atoms. The Balaban J connectivity index is 1.58. The van der Waals surface area contributed by atoms with E-state index in [0.29, 0.717) is 18.4 Å². The summed E-state index contributed by atoms with van der Waals surface area (Å²) in [4.78, 5) is 58.8. The van der Waals surface area contributed by atoms with Gasteiger partial charge in [0.1, 0.15) is 23.7 Å². The summed E-state index contributed by atoms with van der Waals surface area (Å²) in [6, 6.07) is 8.08. The van der Waals surface area contributed by atoms with Crippen LogP contribution in [0.3, 0.4) is 0 Å². The van der Waals surface area contributed by atoms with Crippen LogP contribution in [0.4, 0.5) is 0 Å². The van der Waals surface area contributed by atoms with Crippen LogP contribution in [0.25, 0.3) is 0 Å². The van der Waals surface area contributed by atoms with Crippen LogP contribution in [0.15, 0.2) is 54.6 Å². The van der Waals surface area contributed by atoms with Crippen LogP contribution in [-0.4, -0.2) is 88.1 Å². The Kier molecular flexibility index (Phi) is 8.79. The Bertz CT molecular complexity index is 1330. The number of carbonyl (C=O) groups is 4. The van der Waals surface area contributed by atoms with Gasteiger partial charge in [-0.3, -0.25) is 19.2 Å². The van der Waals surface area contributed by atoms with E-state index in [9.17, 15) is 24.3 Å². The molecule has 4 aliphatic rings. The minimum atomic E-state index is -1.37. The lowest BCUT2D eigenvalue weighted by atomic mass is 9.74. The third kappa shape index (κ3) is 5.94. The summed E-state index contributed by atoms with van der Waals surface area (Å²) in [5.41, 5.74) is -1.40. The van der Waals surface area contributed by atoms with Crippen molar-refractivity contribution in [2.75, 3.05) is 26.2 Å². The molecule has 1 spiro atoms. The molecule has 0 unspecified atom stereocenters. The van der Waals surface area contributed by atoms with Crippen LogP contribution < -0.4 is 5.32 Å². The van der Waals surface area contributed by atoms with Gasteiger partial charge in [0, 0.05) is 25.0 Å². The summed E-state index contributed by atoms with van der Waals surface area (Å²) in [5.74, 6) is -3.51. The Morgan fingerprint density at radius 1 is 1.02 bits per heavy atom. The van der Waals surface area contributed by atoms with E-state index in [2.05, 4.69) is 26.1 Å². The van der Waals surface area contributed by atoms with Crippen LogP contribution in [-0.2, 0) is 28.7 Å². The second-order valence-corrected chi connectivity index (χ2v) is 14.1. The van der Waals surface area contributed by atoms with Crippen molar-refractivity contribution >= 4 is 23.7 Å². The molecule has 2 saturated heterocycles. The lowest BCUT2D eigenvalue weighted by Gasteiger charge is -2.45. The summed E-state index contributed by atoms with van der Waals surface area (Å²) in [6.07, 6.45) is 7.13. The first-order valence-electron chi connectivity index (χ1n) is 15.6. The highest BCUT2D eigenvalue weighted by atomic mass is 16.6. The van der Waals surface area contributed by atoms with E-state index < -0.39 is 53.1 Å². The molecule has 1 aromatic carbocycles. The summed E-state index contributed by atoms with van der Waals surface area (Å²) in [5, 5.41) is 12.9. The number of nitrogens with one attached hydrogen (secondary N) is 1. The fourth-order valence-corrected chi connectivity index (χ4v) is 7.66. The molecule has 0 saturated carbocycles. The highest BCUT2D eigenvalue weighted by Crippen LogP contribution is 2.56. The second-order valence-electron chi connectivity index (χ2n) is 14.1. The maximum atomic E-state index is 14.8. The number of esters is 1. The number of benzene rings is 1. The van der Waals surface area contributed by atoms with E-state index in [1.54, 1.807) is 17.1 Å². The van der Waals surface area contributed by atoms with Gasteiger partial charge in [0.05, 0.1) is 25.2 Å². The van der Waals surface area contributed by atoms with E-state index in [4.69, 9.17) is 9.47 Å². The molecule has 1 aromatic rings. The smallest absolute Gasteiger partial charge is 0.313 e. The zero-order valence-corrected chi connectivity index (χ0v) is 26.3. The fraction of sp³-hybridized carbons (Fsp3) is 0.588. The molecule has 238 valence electrons. The first-order valence-corrected chi connectivity index (χ1v) is 15.6. The van der Waals surface area contributed by atoms with Gasteiger partial charge in [-0.1, -0.05) is 75.4 Å². The highest BCUT2D eigenvalue weighted by Gasteiger charge is 2.73. The third-order valence-electron chi connectivity index (χ3n) is 9.09. The quantitative estimate of drug-likeness (QED) is 0.390. The van der Waals surface area contributed by atoms with Crippen molar-refractivity contribution < 1.29 is 33.8 Å². The summed E-state index contributed by atoms with van der Waals surface area (Å²) in [6.45, 7) is 10.3. The zero-order valence-electron chi connectivity index (χ0n) is 26.3. The Labute approximate surface area is 259 Å². The van der Waals surface area contributed by atoms with Crippen LogP contribution in [0.1, 0.15) is 65.5 Å². The molecule has 2 N–H and O–H groups in total. The van der Waals surface area contributed by atoms with Crippen LogP contribution in [0.5, 0.6) is 0 Å². The number of aliphatic hydroxyl groups excluding tert-OH is 1. The second kappa shape index (κ2) is 12.1. The zero-order chi connectivity index (χ0) is 31.9. The van der Waals surface area contributed by atoms with Gasteiger partial charge in [0.15, 0.2) is 0 Å². The molecule has 0 radical (unpaired) electrons. The summed E-state index contributed by atoms with van der Waals surface area (Å²) in [7, 11) is 0. The number of allylic oxidation sites excluding steroid dienone is 1. The number of ether oxygens (including phenoxy) is 2. The molecule has 5 rings (SSSR count). The molecule has 10 heteroatoms. The molecular formula is C34H45N3O7. The molecule has 3 amide bonds. The molecule has 2 fully saturated rings. The van der Waals surface area contributed by atoms with Crippen LogP contribution in [0, 0.1) is 17.3 Å². The number of likely N-dealkylation sites (tertiary alicyclic amines) is 1. The van der Waals surface area contributed by atoms with Crippen LogP contribution >= 0.6 is 0 Å². The Morgan fingerprint density at radius 3 is 2.43 bits per heavy atom. The lowest BCUT2D eigenvalue weighted by molar-refractivity contribution is -0.160. The predicted molar refractivity (Wildman–Crippen MR) is 163 cm³/mol. The molecule has 6 atom stereocenters. The van der Waals surface area contributed by atoms with Gasteiger partial charge in [0.25, 0.3) is 0 Å². The number of hydrogen-bond donors (Lipinski definition) is 2. The van der Waals surface area contributed by atoms with Gasteiger partial charge in [-0.25, -0.2) is 0 Å². The van der Waals surface area contributed by atoms with Gasteiger partial charge in [0.2, 0.25) is 17.7 Å². The minimum absolute atomic E-state index is 0.0703. The third-order valence-corrected chi connectivity index (χ3v) is 9.09. The van der Waals surface area contributed by atoms with E-state index in [0.717, 1.165) is 0 Å². The molecule has 5 bridgehead atoms. The molecule has 4 aliphatic heterocycles. The summed E-state index contributed by atoms with van der Waals surface area (Å²) >= 11 is 0. The number of nitrogens with zero attached hydrogens (tertiary/aromatic N) is 2. The van der Waals surface area contributed by atoms with E-state index in [1.165, 1.54) is 4.90 Å². The number of aliphatic hydroxyl groups is 1. The van der Waals surface area contributed by atoms with Gasteiger partial charge in [-0.05, 0) is 37.7 Å². The number of hydrogen-bond acceptors (Lipinski definition) is 7. The molecule has 10 nitrogen and oxygen atoms in total. The topological polar surface area (TPSA) is 125 Å². The number of rotatable bonds is 5. The average Bonchev–Trinajstić information content (AvgIpc) is 3.59. The number of carbonyl (C=O) groups excluding carboxylic acids is 4. The SMILES string of the molecule is CC(C)(C)CC(C)(C)N1C/C=C\CCC(=O)NC[C@H](c2ccccc2)OC(=O)[C@@H]2[C@H]3C(=O)N(CCO)[C@H](C1=O)[C@]31C=C[C@H]2O1. The van der Waals surface area contributed by atoms with Gasteiger partial charge < -0.3 is 29.7 Å². The first-order chi connectivity index (χ1) is 20.8. The van der Waals surface area contributed by atoms with Crippen LogP contribution in [0.2, 0.25) is 0 Å². The standard InChI is InChI=1S/C34H45N3O7/c1-32(2,3)21-33(4,5)37-17-11-7-10-14-25(39)35-20-24(22-12-8-6-9-13-22)43-31(42)26-23-15-16-34(44-23)27(26)29(40)36(18-19-38)28(34)30(37)41/h6-9,11-13,15-16,23-24,26-28,38H,10,14,17-21H2,1-5H3,(H,35,39)/b11-7-/t23-,24-,26+,27+,28-,34+/m1/s1. The predicted octanol–water partition coefficient (Wildman–Crippen LogP) is 2.92. The molecule has 0 aliphatic carbocycles. The van der Waals surface area contributed by atoms with Crippen molar-refractivity contribution in [3.8, 4) is 0 Å². The fourth-order valence-electron chi connectivity index (χ4n) is 7.66. The van der Waals surface area contributed by atoms with Gasteiger partial charge in [-0.15, -0.1) is 0 Å². The molecular weight excluding hydrogens is 562 g/mol. The van der Waals surface area contributed by atoms with Crippen molar-refractivity contribution in [2.24, 2.45) is 17.3 Å². The number of β-amino-alcohol motifs (C(OH)–C–C–N with tert-alkyl or cyclic N) is 1. The van der Waals surface area contributed by atoms with Crippen molar-refractivity contribution in [3.05, 3.63) is 60.2 Å². The first kappa shape index (κ1) is 31.9. The van der Waals surface area contributed by atoms with Crippen molar-refractivity contribution in [1.29, 1.82) is 0 Å². The normalized spacial score (nSPS) is 32.1. The van der Waals surface area contributed by atoms with Crippen molar-refractivity contribution in [1.82, 2.24) is 15.1 Å². The van der Waals surface area contributed by atoms with Crippen molar-refractivity contribution in [2.45, 2.75) is 83.3 Å². The van der Waals surface area contributed by atoms with E-state index in [-0.39, 0.29) is 49.9 Å². The minimum Gasteiger partial charge on any atom is -0.455 e. The lowest BCUT2D eigenvalue weighted by Crippen LogP contribution is -2.61. The van der Waals surface area contributed by atoms with Gasteiger partial charge in [-0.2, -0.15) is 0 Å². The number of cyclic esters (lactones) is 1. The van der Waals surface area contributed by atoms with E-state index >= 15 is 0 Å². The number of amides is 3. The maximum Gasteiger partial charge on any atom is 0.313 e. The molecule has 0 aromatic heterocycles. The Morgan fingerprint density at radius 2 is 1.75 bits per heavy atom. The maximum absolute atomic E-state index is 14.8. The number of fused-ring (bicyclic) bond motifs is 2. The van der Waals surface area contributed by atoms with Crippen molar-refractivity contribution in [3.63, 3.8) is 0 Å². The monoisotopic (exact) mass is 607 g/mol. The summed E-state index contributed by atoms with van der Waals surface area (Å²) < 4.78 is 12.5. The largest absolute Gasteiger partial charge is 0.455 e. The highest BCUT2D eigenvalue weighted by molar-refractivity contribution is 5.99. The average molecular weight is 608 g/mol.